The van der Waals surface area contributed by atoms with E-state index in [1.807, 2.05) is 23.6 Å². The number of hydrogen-bond donors (Lipinski definition) is 1. The SMILES string of the molecule is Cc1cn2cc(C(=O)NCC3CCCO3)ccc2n1. The van der Waals surface area contributed by atoms with Gasteiger partial charge in [-0.25, -0.2) is 4.98 Å². The van der Waals surface area contributed by atoms with Crippen LogP contribution in [0, 0.1) is 6.92 Å². The summed E-state index contributed by atoms with van der Waals surface area (Å²) >= 11 is 0. The number of rotatable bonds is 3. The maximum atomic E-state index is 12.1. The smallest absolute Gasteiger partial charge is 0.252 e. The van der Waals surface area contributed by atoms with E-state index in [1.165, 1.54) is 0 Å². The molecule has 1 saturated heterocycles. The number of nitrogens with zero attached hydrogens (tertiary/aromatic N) is 2. The summed E-state index contributed by atoms with van der Waals surface area (Å²) in [6.45, 7) is 3.32. The number of carbonyl (C=O) groups excluding carboxylic acids is 1. The first-order valence-electron chi connectivity index (χ1n) is 6.57. The normalized spacial score (nSPS) is 18.9. The van der Waals surface area contributed by atoms with E-state index in [2.05, 4.69) is 10.3 Å². The van der Waals surface area contributed by atoms with Gasteiger partial charge in [-0.05, 0) is 31.9 Å². The van der Waals surface area contributed by atoms with E-state index in [9.17, 15) is 4.79 Å². The fourth-order valence-corrected chi connectivity index (χ4v) is 2.37. The molecule has 2 aromatic heterocycles. The molecule has 1 amide bonds. The number of pyridine rings is 1. The van der Waals surface area contributed by atoms with E-state index in [0.29, 0.717) is 12.1 Å². The molecule has 1 atom stereocenters. The fourth-order valence-electron chi connectivity index (χ4n) is 2.37. The Labute approximate surface area is 111 Å². The van der Waals surface area contributed by atoms with Crippen molar-refractivity contribution in [3.63, 3.8) is 0 Å². The summed E-state index contributed by atoms with van der Waals surface area (Å²) in [5.74, 6) is -0.0660. The van der Waals surface area contributed by atoms with Gasteiger partial charge in [-0.2, -0.15) is 0 Å². The van der Waals surface area contributed by atoms with Crippen LogP contribution in [0.3, 0.4) is 0 Å². The minimum absolute atomic E-state index is 0.0660. The van der Waals surface area contributed by atoms with Crippen LogP contribution >= 0.6 is 0 Å². The topological polar surface area (TPSA) is 55.6 Å². The van der Waals surface area contributed by atoms with E-state index in [-0.39, 0.29) is 12.0 Å². The van der Waals surface area contributed by atoms with Gasteiger partial charge in [0.05, 0.1) is 17.4 Å². The van der Waals surface area contributed by atoms with Gasteiger partial charge in [0.2, 0.25) is 0 Å². The molecule has 2 aromatic rings. The van der Waals surface area contributed by atoms with Crippen LogP contribution in [0.4, 0.5) is 0 Å². The first kappa shape index (κ1) is 12.2. The van der Waals surface area contributed by atoms with E-state index in [0.717, 1.165) is 30.8 Å². The van der Waals surface area contributed by atoms with Crippen molar-refractivity contribution in [1.29, 1.82) is 0 Å². The van der Waals surface area contributed by atoms with Crippen LogP contribution in [-0.2, 0) is 4.74 Å². The summed E-state index contributed by atoms with van der Waals surface area (Å²) in [7, 11) is 0. The van der Waals surface area contributed by atoms with Crippen molar-refractivity contribution >= 4 is 11.6 Å². The predicted octanol–water partition coefficient (Wildman–Crippen LogP) is 1.55. The molecule has 3 heterocycles. The number of carbonyl (C=O) groups is 1. The molecule has 0 saturated carbocycles. The lowest BCUT2D eigenvalue weighted by atomic mass is 10.2. The average molecular weight is 259 g/mol. The van der Waals surface area contributed by atoms with Crippen LogP contribution in [0.25, 0.3) is 5.65 Å². The van der Waals surface area contributed by atoms with Crippen molar-refractivity contribution in [3.8, 4) is 0 Å². The molecule has 1 unspecified atom stereocenters. The molecule has 0 spiro atoms. The summed E-state index contributed by atoms with van der Waals surface area (Å²) < 4.78 is 7.35. The van der Waals surface area contributed by atoms with Gasteiger partial charge in [0.1, 0.15) is 5.65 Å². The summed E-state index contributed by atoms with van der Waals surface area (Å²) in [6.07, 6.45) is 6.00. The number of fused-ring (bicyclic) bond motifs is 1. The molecule has 3 rings (SSSR count). The molecule has 0 radical (unpaired) electrons. The van der Waals surface area contributed by atoms with E-state index >= 15 is 0 Å². The Morgan fingerprint density at radius 1 is 1.53 bits per heavy atom. The lowest BCUT2D eigenvalue weighted by Crippen LogP contribution is -2.31. The van der Waals surface area contributed by atoms with E-state index < -0.39 is 0 Å². The zero-order valence-corrected chi connectivity index (χ0v) is 10.9. The second-order valence-electron chi connectivity index (χ2n) is 4.91. The van der Waals surface area contributed by atoms with Crippen molar-refractivity contribution in [2.45, 2.75) is 25.9 Å². The van der Waals surface area contributed by atoms with E-state index in [1.54, 1.807) is 12.3 Å². The second kappa shape index (κ2) is 5.01. The Morgan fingerprint density at radius 3 is 3.21 bits per heavy atom. The number of imidazole rings is 1. The highest BCUT2D eigenvalue weighted by molar-refractivity contribution is 5.94. The maximum Gasteiger partial charge on any atom is 0.252 e. The summed E-state index contributed by atoms with van der Waals surface area (Å²) in [6, 6.07) is 3.65. The highest BCUT2D eigenvalue weighted by Gasteiger charge is 2.16. The van der Waals surface area contributed by atoms with Gasteiger partial charge in [-0.3, -0.25) is 4.79 Å². The largest absolute Gasteiger partial charge is 0.376 e. The second-order valence-corrected chi connectivity index (χ2v) is 4.91. The highest BCUT2D eigenvalue weighted by atomic mass is 16.5. The third kappa shape index (κ3) is 2.61. The number of aryl methyl sites for hydroxylation is 1. The number of amides is 1. The lowest BCUT2D eigenvalue weighted by Gasteiger charge is -2.10. The fraction of sp³-hybridized carbons (Fsp3) is 0.429. The van der Waals surface area contributed by atoms with Crippen LogP contribution in [-0.4, -0.2) is 34.5 Å². The Morgan fingerprint density at radius 2 is 2.42 bits per heavy atom. The van der Waals surface area contributed by atoms with Gasteiger partial charge in [0.25, 0.3) is 5.91 Å². The highest BCUT2D eigenvalue weighted by Crippen LogP contribution is 2.11. The number of hydrogen-bond acceptors (Lipinski definition) is 3. The molecule has 100 valence electrons. The van der Waals surface area contributed by atoms with Gasteiger partial charge < -0.3 is 14.5 Å². The Bertz CT molecular complexity index is 600. The Kier molecular flexibility index (Phi) is 3.21. The molecule has 0 aliphatic carbocycles. The molecule has 1 aliphatic heterocycles. The number of nitrogens with one attached hydrogen (secondary N) is 1. The molecule has 5 heteroatoms. The van der Waals surface area contributed by atoms with Crippen molar-refractivity contribution in [2.24, 2.45) is 0 Å². The lowest BCUT2D eigenvalue weighted by molar-refractivity contribution is 0.0857. The number of aromatic nitrogens is 2. The minimum Gasteiger partial charge on any atom is -0.376 e. The van der Waals surface area contributed by atoms with Gasteiger partial charge in [0, 0.05) is 25.5 Å². The summed E-state index contributed by atoms with van der Waals surface area (Å²) in [5, 5.41) is 2.91. The predicted molar refractivity (Wildman–Crippen MR) is 71.2 cm³/mol. The van der Waals surface area contributed by atoms with Gasteiger partial charge in [-0.15, -0.1) is 0 Å². The molecule has 1 fully saturated rings. The first-order valence-corrected chi connectivity index (χ1v) is 6.57. The monoisotopic (exact) mass is 259 g/mol. The molecular formula is C14H17N3O2. The average Bonchev–Trinajstić information content (AvgIpc) is 3.02. The van der Waals surface area contributed by atoms with Crippen molar-refractivity contribution in [1.82, 2.24) is 14.7 Å². The standard InChI is InChI=1S/C14H17N3O2/c1-10-8-17-9-11(4-5-13(17)16-10)14(18)15-7-12-3-2-6-19-12/h4-5,8-9,12H,2-3,6-7H2,1H3,(H,15,18). The zero-order valence-electron chi connectivity index (χ0n) is 10.9. The van der Waals surface area contributed by atoms with Crippen LogP contribution in [0.5, 0.6) is 0 Å². The molecule has 5 nitrogen and oxygen atoms in total. The van der Waals surface area contributed by atoms with Gasteiger partial charge in [-0.1, -0.05) is 0 Å². The zero-order chi connectivity index (χ0) is 13.2. The van der Waals surface area contributed by atoms with Crippen molar-refractivity contribution in [3.05, 3.63) is 35.8 Å². The molecular weight excluding hydrogens is 242 g/mol. The summed E-state index contributed by atoms with van der Waals surface area (Å²) in [5.41, 5.74) is 2.44. The van der Waals surface area contributed by atoms with Crippen molar-refractivity contribution in [2.75, 3.05) is 13.2 Å². The molecule has 0 bridgehead atoms. The van der Waals surface area contributed by atoms with Gasteiger partial charge >= 0.3 is 0 Å². The van der Waals surface area contributed by atoms with E-state index in [4.69, 9.17) is 4.74 Å². The van der Waals surface area contributed by atoms with Crippen LogP contribution in [0.2, 0.25) is 0 Å². The first-order chi connectivity index (χ1) is 9.22. The quantitative estimate of drug-likeness (QED) is 0.910. The molecule has 1 N–H and O–H groups in total. The molecule has 19 heavy (non-hydrogen) atoms. The van der Waals surface area contributed by atoms with Crippen LogP contribution < -0.4 is 5.32 Å². The Hall–Kier alpha value is -1.88. The third-order valence-electron chi connectivity index (χ3n) is 3.35. The maximum absolute atomic E-state index is 12.1. The van der Waals surface area contributed by atoms with Gasteiger partial charge in [0.15, 0.2) is 0 Å². The molecule has 1 aliphatic rings. The van der Waals surface area contributed by atoms with Crippen LogP contribution in [0.15, 0.2) is 24.5 Å². The van der Waals surface area contributed by atoms with Crippen molar-refractivity contribution < 1.29 is 9.53 Å². The summed E-state index contributed by atoms with van der Waals surface area (Å²) in [4.78, 5) is 16.4. The third-order valence-corrected chi connectivity index (χ3v) is 3.35. The van der Waals surface area contributed by atoms with Crippen LogP contribution in [0.1, 0.15) is 28.9 Å². The molecule has 0 aromatic carbocycles. The number of ether oxygens (including phenoxy) is 1. The Balaban J connectivity index is 1.69. The minimum atomic E-state index is -0.0660.